The number of likely N-dealkylation sites (tertiary alicyclic amines) is 1. The molecule has 1 saturated heterocycles. The summed E-state index contributed by atoms with van der Waals surface area (Å²) in [6, 6.07) is 0. The van der Waals surface area contributed by atoms with Gasteiger partial charge in [-0.3, -0.25) is 9.59 Å². The van der Waals surface area contributed by atoms with Crippen LogP contribution in [0.25, 0.3) is 0 Å². The summed E-state index contributed by atoms with van der Waals surface area (Å²) < 4.78 is 5.06. The summed E-state index contributed by atoms with van der Waals surface area (Å²) in [5, 5.41) is 0. The lowest BCUT2D eigenvalue weighted by molar-refractivity contribution is -0.129. The van der Waals surface area contributed by atoms with Crippen molar-refractivity contribution in [3.63, 3.8) is 0 Å². The minimum Gasteiger partial charge on any atom is -0.443 e. The van der Waals surface area contributed by atoms with Crippen molar-refractivity contribution in [1.82, 2.24) is 4.90 Å². The molecule has 15 heavy (non-hydrogen) atoms. The Hall–Kier alpha value is -1.39. The summed E-state index contributed by atoms with van der Waals surface area (Å²) in [4.78, 5) is 33.1. The van der Waals surface area contributed by atoms with Crippen LogP contribution in [0.15, 0.2) is 0 Å². The molecule has 0 aromatic carbocycles. The minimum absolute atomic E-state index is 0.0841. The van der Waals surface area contributed by atoms with Crippen LogP contribution in [0.4, 0.5) is 4.79 Å². The number of ether oxygens (including phenoxy) is 1. The zero-order valence-corrected chi connectivity index (χ0v) is 9.24. The number of imide groups is 1. The van der Waals surface area contributed by atoms with Crippen molar-refractivity contribution in [1.29, 1.82) is 0 Å². The monoisotopic (exact) mass is 214 g/mol. The number of hydrogen-bond donors (Lipinski definition) is 0. The molecule has 0 saturated carbocycles. The molecule has 1 heterocycles. The molecule has 0 bridgehead atoms. The SMILES string of the molecule is CC(C)(C)OC(=O)N1CCC(=[OH+])CC1=O. The lowest BCUT2D eigenvalue weighted by atomic mass is 10.1. The normalized spacial score (nSPS) is 17.9. The van der Waals surface area contributed by atoms with Crippen LogP contribution >= 0.6 is 0 Å². The molecule has 0 unspecified atom stereocenters. The van der Waals surface area contributed by atoms with Gasteiger partial charge in [-0.2, -0.15) is 0 Å². The fourth-order valence-electron chi connectivity index (χ4n) is 1.23. The van der Waals surface area contributed by atoms with Gasteiger partial charge in [0, 0.05) is 6.54 Å². The van der Waals surface area contributed by atoms with E-state index in [1.165, 1.54) is 0 Å². The van der Waals surface area contributed by atoms with E-state index in [1.807, 2.05) is 0 Å². The first kappa shape index (κ1) is 11.7. The molecule has 1 aliphatic rings. The quantitative estimate of drug-likeness (QED) is 0.447. The van der Waals surface area contributed by atoms with Crippen LogP contribution in [0.3, 0.4) is 0 Å². The molecular formula is C10H16NO4+. The molecule has 1 rings (SSSR count). The molecule has 5 nitrogen and oxygen atoms in total. The zero-order valence-electron chi connectivity index (χ0n) is 9.24. The van der Waals surface area contributed by atoms with E-state index in [0.29, 0.717) is 6.42 Å². The molecule has 1 fully saturated rings. The number of hydrogen-bond acceptors (Lipinski definition) is 3. The van der Waals surface area contributed by atoms with Crippen molar-refractivity contribution < 1.29 is 19.1 Å². The Bertz CT molecular complexity index is 303. The average molecular weight is 214 g/mol. The van der Waals surface area contributed by atoms with Crippen LogP contribution in [0.1, 0.15) is 33.6 Å². The van der Waals surface area contributed by atoms with Crippen LogP contribution in [0.2, 0.25) is 0 Å². The van der Waals surface area contributed by atoms with Crippen molar-refractivity contribution >= 4 is 17.8 Å². The average Bonchev–Trinajstić information content (AvgIpc) is 1.99. The number of nitrogens with zero attached hydrogens (tertiary/aromatic N) is 1. The van der Waals surface area contributed by atoms with Gasteiger partial charge in [-0.15, -0.1) is 0 Å². The Balaban J connectivity index is 2.61. The summed E-state index contributed by atoms with van der Waals surface area (Å²) in [6.45, 7) is 5.41. The van der Waals surface area contributed by atoms with Gasteiger partial charge < -0.3 is 4.74 Å². The van der Waals surface area contributed by atoms with E-state index in [-0.39, 0.29) is 18.7 Å². The maximum absolute atomic E-state index is 11.5. The maximum atomic E-state index is 11.5. The van der Waals surface area contributed by atoms with Gasteiger partial charge in [0.1, 0.15) is 12.0 Å². The molecule has 5 heteroatoms. The molecule has 1 N–H and O–H groups in total. The predicted octanol–water partition coefficient (Wildman–Crippen LogP) is 1.09. The summed E-state index contributed by atoms with van der Waals surface area (Å²) >= 11 is 0. The number of amides is 2. The van der Waals surface area contributed by atoms with Gasteiger partial charge in [-0.25, -0.2) is 9.69 Å². The summed E-state index contributed by atoms with van der Waals surface area (Å²) in [5.41, 5.74) is -0.611. The Morgan fingerprint density at radius 3 is 2.53 bits per heavy atom. The van der Waals surface area contributed by atoms with Crippen molar-refractivity contribution in [3.8, 4) is 0 Å². The number of piperidine rings is 1. The van der Waals surface area contributed by atoms with Gasteiger partial charge in [0.25, 0.3) is 0 Å². The van der Waals surface area contributed by atoms with Crippen LogP contribution in [0, 0.1) is 0 Å². The highest BCUT2D eigenvalue weighted by Crippen LogP contribution is 2.14. The second kappa shape index (κ2) is 4.00. The second-order valence-electron chi connectivity index (χ2n) is 4.52. The van der Waals surface area contributed by atoms with Crippen LogP contribution < -0.4 is 0 Å². The first-order valence-electron chi connectivity index (χ1n) is 4.86. The lowest BCUT2D eigenvalue weighted by Gasteiger charge is -2.26. The second-order valence-corrected chi connectivity index (χ2v) is 4.52. The van der Waals surface area contributed by atoms with Crippen LogP contribution in [0.5, 0.6) is 0 Å². The number of carbonyl (C=O) groups excluding carboxylic acids is 3. The first-order chi connectivity index (χ1) is 6.79. The van der Waals surface area contributed by atoms with E-state index in [9.17, 15) is 9.59 Å². The molecule has 84 valence electrons. The standard InChI is InChI=1S/C10H15NO4/c1-10(2,3)15-9(14)11-5-4-7(12)6-8(11)13/h4-6H2,1-3H3/p+1. The lowest BCUT2D eigenvalue weighted by Crippen LogP contribution is -2.45. The van der Waals surface area contributed by atoms with E-state index in [0.717, 1.165) is 4.90 Å². The van der Waals surface area contributed by atoms with E-state index >= 15 is 0 Å². The Kier molecular flexibility index (Phi) is 3.12. The van der Waals surface area contributed by atoms with Gasteiger partial charge in [-0.1, -0.05) is 0 Å². The van der Waals surface area contributed by atoms with E-state index in [2.05, 4.69) is 0 Å². The molecule has 0 radical (unpaired) electrons. The molecule has 1 aliphatic heterocycles. The first-order valence-corrected chi connectivity index (χ1v) is 4.86. The summed E-state index contributed by atoms with van der Waals surface area (Å²) in [5.74, 6) is -0.284. The molecule has 0 aromatic rings. The minimum atomic E-state index is -0.639. The summed E-state index contributed by atoms with van der Waals surface area (Å²) in [7, 11) is 0. The van der Waals surface area contributed by atoms with E-state index < -0.39 is 17.6 Å². The fraction of sp³-hybridized carbons (Fsp3) is 0.700. The van der Waals surface area contributed by atoms with Gasteiger partial charge in [0.15, 0.2) is 0 Å². The van der Waals surface area contributed by atoms with Crippen molar-refractivity contribution in [2.24, 2.45) is 0 Å². The van der Waals surface area contributed by atoms with E-state index in [1.54, 1.807) is 20.8 Å². The largest absolute Gasteiger partial charge is 0.443 e. The van der Waals surface area contributed by atoms with Crippen LogP contribution in [-0.2, 0) is 9.53 Å². The van der Waals surface area contributed by atoms with Crippen molar-refractivity contribution in [3.05, 3.63) is 0 Å². The molecule has 2 amide bonds. The molecular weight excluding hydrogens is 198 g/mol. The number of ketones is 1. The molecule has 0 aromatic heterocycles. The summed E-state index contributed by atoms with van der Waals surface area (Å²) in [6.07, 6.45) is -0.385. The number of rotatable bonds is 0. The highest BCUT2D eigenvalue weighted by atomic mass is 16.6. The highest BCUT2D eigenvalue weighted by Gasteiger charge is 2.34. The molecule has 0 aliphatic carbocycles. The predicted molar refractivity (Wildman–Crippen MR) is 54.1 cm³/mol. The third-order valence-electron chi connectivity index (χ3n) is 1.89. The Labute approximate surface area is 88.4 Å². The van der Waals surface area contributed by atoms with E-state index in [4.69, 9.17) is 9.53 Å². The van der Waals surface area contributed by atoms with Crippen molar-refractivity contribution in [2.45, 2.75) is 39.2 Å². The topological polar surface area (TPSA) is 68.0 Å². The maximum Gasteiger partial charge on any atom is 0.417 e. The van der Waals surface area contributed by atoms with Crippen LogP contribution in [-0.4, -0.2) is 39.6 Å². The molecule has 0 spiro atoms. The third-order valence-corrected chi connectivity index (χ3v) is 1.89. The Morgan fingerprint density at radius 1 is 1.47 bits per heavy atom. The van der Waals surface area contributed by atoms with Gasteiger partial charge in [-0.05, 0) is 20.8 Å². The smallest absolute Gasteiger partial charge is 0.417 e. The van der Waals surface area contributed by atoms with Crippen molar-refractivity contribution in [2.75, 3.05) is 6.54 Å². The highest BCUT2D eigenvalue weighted by molar-refractivity contribution is 6.06. The zero-order chi connectivity index (χ0) is 11.6. The Morgan fingerprint density at radius 2 is 2.07 bits per heavy atom. The van der Waals surface area contributed by atoms with Gasteiger partial charge >= 0.3 is 11.9 Å². The third kappa shape index (κ3) is 3.34. The molecule has 0 atom stereocenters. The van der Waals surface area contributed by atoms with Gasteiger partial charge in [0.2, 0.25) is 5.91 Å². The van der Waals surface area contributed by atoms with Gasteiger partial charge in [0.05, 0.1) is 6.42 Å². The number of carbonyl (C=O) groups is 2. The fourth-order valence-corrected chi connectivity index (χ4v) is 1.23.